The largest absolute Gasteiger partial charge is 0.490 e. The van der Waals surface area contributed by atoms with Crippen molar-refractivity contribution in [3.8, 4) is 11.5 Å². The van der Waals surface area contributed by atoms with Gasteiger partial charge in [-0.15, -0.1) is 0 Å². The fraction of sp³-hybridized carbons (Fsp3) is 0.500. The van der Waals surface area contributed by atoms with Crippen molar-refractivity contribution in [3.05, 3.63) is 59.7 Å². The molecule has 6 heteroatoms. The Morgan fingerprint density at radius 2 is 1.07 bits per heavy atom. The Morgan fingerprint density at radius 1 is 0.700 bits per heavy atom. The highest BCUT2D eigenvalue weighted by Crippen LogP contribution is 2.16. The summed E-state index contributed by atoms with van der Waals surface area (Å²) in [7, 11) is 0. The first kappa shape index (κ1) is 22.6. The number of piperazine rings is 1. The first-order valence-corrected chi connectivity index (χ1v) is 10.9. The van der Waals surface area contributed by atoms with E-state index in [0.29, 0.717) is 26.3 Å². The molecule has 1 fully saturated rings. The number of para-hydroxylation sites is 2. The zero-order chi connectivity index (χ0) is 21.3. The summed E-state index contributed by atoms with van der Waals surface area (Å²) in [4.78, 5) is 2.79. The molecule has 2 atom stereocenters. The lowest BCUT2D eigenvalue weighted by atomic mass is 10.2. The summed E-state index contributed by atoms with van der Waals surface area (Å²) < 4.78 is 11.5. The molecular formula is C24H36N2O4+2. The van der Waals surface area contributed by atoms with Crippen LogP contribution in [-0.2, 0) is 0 Å². The van der Waals surface area contributed by atoms with E-state index < -0.39 is 12.2 Å². The number of ether oxygens (including phenoxy) is 2. The summed E-state index contributed by atoms with van der Waals surface area (Å²) in [6.07, 6.45) is -0.955. The third kappa shape index (κ3) is 6.99. The lowest BCUT2D eigenvalue weighted by molar-refractivity contribution is -1.01. The predicted octanol–water partition coefficient (Wildman–Crippen LogP) is -0.734. The molecule has 30 heavy (non-hydrogen) atoms. The van der Waals surface area contributed by atoms with E-state index >= 15 is 0 Å². The molecule has 0 unspecified atom stereocenters. The van der Waals surface area contributed by atoms with Gasteiger partial charge in [0.2, 0.25) is 0 Å². The number of hydrogen-bond donors (Lipinski definition) is 4. The molecule has 0 amide bonds. The van der Waals surface area contributed by atoms with Crippen LogP contribution >= 0.6 is 0 Å². The van der Waals surface area contributed by atoms with Crippen molar-refractivity contribution in [1.29, 1.82) is 0 Å². The highest BCUT2D eigenvalue weighted by Gasteiger charge is 2.27. The average Bonchev–Trinajstić information content (AvgIpc) is 2.74. The summed E-state index contributed by atoms with van der Waals surface area (Å²) in [5, 5.41) is 20.7. The number of aliphatic hydroxyl groups excluding tert-OH is 2. The highest BCUT2D eigenvalue weighted by atomic mass is 16.5. The molecule has 3 rings (SSSR count). The SMILES string of the molecule is Cc1ccccc1OC[C@H](O)C[NH+]1CC[NH+](C[C@@H](O)COc2ccccc2C)CC1. The van der Waals surface area contributed by atoms with Crippen molar-refractivity contribution in [1.82, 2.24) is 0 Å². The maximum atomic E-state index is 10.4. The van der Waals surface area contributed by atoms with Gasteiger partial charge in [-0.25, -0.2) is 0 Å². The van der Waals surface area contributed by atoms with Crippen LogP contribution in [0.1, 0.15) is 11.1 Å². The molecule has 0 aromatic heterocycles. The number of quaternary nitrogens is 2. The predicted molar refractivity (Wildman–Crippen MR) is 116 cm³/mol. The van der Waals surface area contributed by atoms with E-state index in [4.69, 9.17) is 9.47 Å². The Bertz CT molecular complexity index is 712. The Kier molecular flexibility index (Phi) is 8.51. The molecule has 6 nitrogen and oxygen atoms in total. The van der Waals surface area contributed by atoms with Gasteiger partial charge in [-0.05, 0) is 37.1 Å². The zero-order valence-electron chi connectivity index (χ0n) is 18.1. The van der Waals surface area contributed by atoms with E-state index in [1.54, 1.807) is 0 Å². The molecule has 164 valence electrons. The number of rotatable bonds is 10. The second-order valence-electron chi connectivity index (χ2n) is 8.37. The summed E-state index contributed by atoms with van der Waals surface area (Å²) in [5.41, 5.74) is 2.17. The number of nitrogens with one attached hydrogen (secondary N) is 2. The molecule has 1 aliphatic heterocycles. The maximum absolute atomic E-state index is 10.4. The van der Waals surface area contributed by atoms with Crippen LogP contribution in [0.25, 0.3) is 0 Å². The second kappa shape index (κ2) is 11.3. The van der Waals surface area contributed by atoms with Gasteiger partial charge in [-0.2, -0.15) is 0 Å². The van der Waals surface area contributed by atoms with Gasteiger partial charge < -0.3 is 29.5 Å². The van der Waals surface area contributed by atoms with Crippen molar-refractivity contribution in [2.24, 2.45) is 0 Å². The van der Waals surface area contributed by atoms with Gasteiger partial charge in [0.25, 0.3) is 0 Å². The van der Waals surface area contributed by atoms with Crippen LogP contribution < -0.4 is 19.3 Å². The maximum Gasteiger partial charge on any atom is 0.137 e. The standard InChI is InChI=1S/C24H34N2O4/c1-19-7-3-5-9-23(19)29-17-21(27)15-25-11-13-26(14-12-25)16-22(28)18-30-24-10-6-4-8-20(24)2/h3-10,21-22,27-28H,11-18H2,1-2H3/p+2/t21-,22-/m1/s1. The molecule has 4 N–H and O–H groups in total. The van der Waals surface area contributed by atoms with Crippen molar-refractivity contribution in [2.45, 2.75) is 26.1 Å². The van der Waals surface area contributed by atoms with E-state index in [0.717, 1.165) is 48.8 Å². The van der Waals surface area contributed by atoms with Gasteiger partial charge >= 0.3 is 0 Å². The monoisotopic (exact) mass is 416 g/mol. The van der Waals surface area contributed by atoms with Gasteiger partial charge in [0.05, 0.1) is 0 Å². The Labute approximate surface area is 179 Å². The first-order chi connectivity index (χ1) is 14.5. The fourth-order valence-corrected chi connectivity index (χ4v) is 3.96. The summed E-state index contributed by atoms with van der Waals surface area (Å²) in [6.45, 7) is 10.00. The van der Waals surface area contributed by atoms with Gasteiger partial charge in [0.15, 0.2) is 0 Å². The smallest absolute Gasteiger partial charge is 0.137 e. The summed E-state index contributed by atoms with van der Waals surface area (Å²) in [5.74, 6) is 1.67. The van der Waals surface area contributed by atoms with E-state index in [2.05, 4.69) is 0 Å². The molecule has 1 aliphatic rings. The van der Waals surface area contributed by atoms with Gasteiger partial charge in [-0.1, -0.05) is 36.4 Å². The summed E-state index contributed by atoms with van der Waals surface area (Å²) >= 11 is 0. The quantitative estimate of drug-likeness (QED) is 0.412. The van der Waals surface area contributed by atoms with Gasteiger partial charge in [-0.3, -0.25) is 0 Å². The van der Waals surface area contributed by atoms with Crippen LogP contribution in [0, 0.1) is 13.8 Å². The van der Waals surface area contributed by atoms with Crippen molar-refractivity contribution >= 4 is 0 Å². The third-order valence-corrected chi connectivity index (χ3v) is 5.76. The summed E-state index contributed by atoms with van der Waals surface area (Å²) in [6, 6.07) is 15.7. The van der Waals surface area contributed by atoms with Crippen molar-refractivity contribution in [3.63, 3.8) is 0 Å². The van der Waals surface area contributed by atoms with E-state index in [1.165, 1.54) is 9.80 Å². The molecule has 0 radical (unpaired) electrons. The van der Waals surface area contributed by atoms with Crippen LogP contribution in [0.4, 0.5) is 0 Å². The van der Waals surface area contributed by atoms with Gasteiger partial charge in [0.1, 0.15) is 76.2 Å². The second-order valence-corrected chi connectivity index (χ2v) is 8.37. The fourth-order valence-electron chi connectivity index (χ4n) is 3.96. The van der Waals surface area contributed by atoms with Crippen LogP contribution in [0.15, 0.2) is 48.5 Å². The minimum atomic E-state index is -0.478. The lowest BCUT2D eigenvalue weighted by Crippen LogP contribution is -3.29. The lowest BCUT2D eigenvalue weighted by Gasteiger charge is -2.31. The zero-order valence-corrected chi connectivity index (χ0v) is 18.1. The molecule has 0 aliphatic carbocycles. The van der Waals surface area contributed by atoms with Crippen molar-refractivity contribution < 1.29 is 29.5 Å². The van der Waals surface area contributed by atoms with E-state index in [1.807, 2.05) is 62.4 Å². The van der Waals surface area contributed by atoms with Gasteiger partial charge in [0, 0.05) is 0 Å². The van der Waals surface area contributed by atoms with E-state index in [9.17, 15) is 10.2 Å². The normalized spacial score (nSPS) is 21.1. The highest BCUT2D eigenvalue weighted by molar-refractivity contribution is 5.32. The molecule has 0 bridgehead atoms. The van der Waals surface area contributed by atoms with Crippen molar-refractivity contribution in [2.75, 3.05) is 52.5 Å². The molecule has 0 spiro atoms. The Morgan fingerprint density at radius 3 is 1.43 bits per heavy atom. The minimum Gasteiger partial charge on any atom is -0.490 e. The number of hydrogen-bond acceptors (Lipinski definition) is 4. The van der Waals surface area contributed by atoms with Crippen LogP contribution in [-0.4, -0.2) is 74.9 Å². The third-order valence-electron chi connectivity index (χ3n) is 5.76. The molecule has 1 saturated heterocycles. The van der Waals surface area contributed by atoms with Crippen LogP contribution in [0.2, 0.25) is 0 Å². The topological polar surface area (TPSA) is 67.8 Å². The Balaban J connectivity index is 1.32. The minimum absolute atomic E-state index is 0.319. The number of aryl methyl sites for hydroxylation is 2. The molecule has 1 heterocycles. The van der Waals surface area contributed by atoms with Crippen LogP contribution in [0.5, 0.6) is 11.5 Å². The Hall–Kier alpha value is -2.12. The van der Waals surface area contributed by atoms with Crippen LogP contribution in [0.3, 0.4) is 0 Å². The van der Waals surface area contributed by atoms with E-state index in [-0.39, 0.29) is 0 Å². The molecule has 2 aromatic carbocycles. The first-order valence-electron chi connectivity index (χ1n) is 10.9. The molecule has 0 saturated carbocycles. The average molecular weight is 417 g/mol. The molecule has 2 aromatic rings. The number of aliphatic hydroxyl groups is 2. The molecular weight excluding hydrogens is 380 g/mol. The number of benzene rings is 2.